The molecule has 19 heavy (non-hydrogen) atoms. The smallest absolute Gasteiger partial charge is 0.135 e. The van der Waals surface area contributed by atoms with Crippen LogP contribution in [0.15, 0.2) is 28.9 Å². The standard InChI is InChI=1S/C13H17BrN4O/c1-19-13-8-11(5-6-12(13)14)18-9-10(16-17-18)4-2-3-7-15/h5-6,8-9H,2-4,7,15H2,1H3. The van der Waals surface area contributed by atoms with Crippen molar-refractivity contribution in [1.82, 2.24) is 15.0 Å². The average molecular weight is 325 g/mol. The minimum atomic E-state index is 0.720. The fraction of sp³-hybridized carbons (Fsp3) is 0.385. The Balaban J connectivity index is 2.13. The van der Waals surface area contributed by atoms with Crippen molar-refractivity contribution in [3.8, 4) is 11.4 Å². The molecule has 0 fully saturated rings. The van der Waals surface area contributed by atoms with Gasteiger partial charge in [-0.1, -0.05) is 5.21 Å². The third kappa shape index (κ3) is 3.54. The first-order valence-electron chi connectivity index (χ1n) is 6.20. The van der Waals surface area contributed by atoms with Gasteiger partial charge in [-0.05, 0) is 53.9 Å². The number of benzene rings is 1. The Kier molecular flexibility index (Phi) is 4.93. The molecule has 0 saturated carbocycles. The van der Waals surface area contributed by atoms with Crippen LogP contribution in [0.25, 0.3) is 5.69 Å². The maximum absolute atomic E-state index is 5.48. The van der Waals surface area contributed by atoms with E-state index >= 15 is 0 Å². The molecule has 0 saturated heterocycles. The molecular weight excluding hydrogens is 308 g/mol. The summed E-state index contributed by atoms with van der Waals surface area (Å²) < 4.78 is 7.95. The van der Waals surface area contributed by atoms with Gasteiger partial charge in [-0.25, -0.2) is 4.68 Å². The van der Waals surface area contributed by atoms with Crippen molar-refractivity contribution in [1.29, 1.82) is 0 Å². The summed E-state index contributed by atoms with van der Waals surface area (Å²) in [5.41, 5.74) is 7.39. The van der Waals surface area contributed by atoms with Gasteiger partial charge in [-0.2, -0.15) is 0 Å². The number of nitrogens with two attached hydrogens (primary N) is 1. The quantitative estimate of drug-likeness (QED) is 0.828. The average Bonchev–Trinajstić information content (AvgIpc) is 2.88. The van der Waals surface area contributed by atoms with Gasteiger partial charge in [-0.3, -0.25) is 0 Å². The van der Waals surface area contributed by atoms with E-state index in [1.54, 1.807) is 11.8 Å². The summed E-state index contributed by atoms with van der Waals surface area (Å²) in [6.07, 6.45) is 4.90. The van der Waals surface area contributed by atoms with Gasteiger partial charge in [0.1, 0.15) is 5.75 Å². The molecule has 0 spiro atoms. The molecule has 2 aromatic rings. The first-order chi connectivity index (χ1) is 9.24. The summed E-state index contributed by atoms with van der Waals surface area (Å²) in [5, 5.41) is 8.30. The topological polar surface area (TPSA) is 66.0 Å². The predicted octanol–water partition coefficient (Wildman–Crippen LogP) is 2.32. The number of hydrogen-bond acceptors (Lipinski definition) is 4. The summed E-state index contributed by atoms with van der Waals surface area (Å²) in [5.74, 6) is 0.776. The van der Waals surface area contributed by atoms with Crippen LogP contribution in [0.2, 0.25) is 0 Å². The van der Waals surface area contributed by atoms with E-state index in [4.69, 9.17) is 10.5 Å². The Morgan fingerprint density at radius 2 is 2.21 bits per heavy atom. The molecule has 1 heterocycles. The van der Waals surface area contributed by atoms with Crippen molar-refractivity contribution in [2.24, 2.45) is 5.73 Å². The van der Waals surface area contributed by atoms with Crippen LogP contribution in [0.3, 0.4) is 0 Å². The van der Waals surface area contributed by atoms with E-state index in [1.807, 2.05) is 24.4 Å². The normalized spacial score (nSPS) is 10.7. The zero-order valence-electron chi connectivity index (χ0n) is 10.8. The fourth-order valence-corrected chi connectivity index (χ4v) is 2.19. The number of halogens is 1. The molecule has 0 atom stereocenters. The van der Waals surface area contributed by atoms with Crippen LogP contribution >= 0.6 is 15.9 Å². The number of nitrogens with zero attached hydrogens (tertiary/aromatic N) is 3. The maximum atomic E-state index is 5.48. The van der Waals surface area contributed by atoms with Crippen molar-refractivity contribution in [2.75, 3.05) is 13.7 Å². The van der Waals surface area contributed by atoms with Gasteiger partial charge in [0.25, 0.3) is 0 Å². The van der Waals surface area contributed by atoms with Gasteiger partial charge in [0.15, 0.2) is 0 Å². The highest BCUT2D eigenvalue weighted by molar-refractivity contribution is 9.10. The Hall–Kier alpha value is -1.40. The number of aromatic nitrogens is 3. The Labute approximate surface area is 120 Å². The van der Waals surface area contributed by atoms with Crippen molar-refractivity contribution in [3.05, 3.63) is 34.6 Å². The highest BCUT2D eigenvalue weighted by atomic mass is 79.9. The first-order valence-corrected chi connectivity index (χ1v) is 6.99. The monoisotopic (exact) mass is 324 g/mol. The molecule has 1 aromatic carbocycles. The Bertz CT molecular complexity index is 541. The lowest BCUT2D eigenvalue weighted by molar-refractivity contribution is 0.412. The molecule has 5 nitrogen and oxygen atoms in total. The van der Waals surface area contributed by atoms with Gasteiger partial charge >= 0.3 is 0 Å². The molecule has 0 aliphatic heterocycles. The summed E-state index contributed by atoms with van der Waals surface area (Å²) in [7, 11) is 1.64. The molecular formula is C13H17BrN4O. The lowest BCUT2D eigenvalue weighted by Gasteiger charge is -2.05. The number of ether oxygens (including phenoxy) is 1. The van der Waals surface area contributed by atoms with E-state index < -0.39 is 0 Å². The van der Waals surface area contributed by atoms with E-state index in [-0.39, 0.29) is 0 Å². The zero-order chi connectivity index (χ0) is 13.7. The van der Waals surface area contributed by atoms with Crippen LogP contribution in [-0.4, -0.2) is 28.6 Å². The van der Waals surface area contributed by atoms with Crippen LogP contribution in [0.1, 0.15) is 18.5 Å². The highest BCUT2D eigenvalue weighted by Crippen LogP contribution is 2.26. The number of methoxy groups -OCH3 is 1. The second kappa shape index (κ2) is 6.68. The van der Waals surface area contributed by atoms with Crippen molar-refractivity contribution in [2.45, 2.75) is 19.3 Å². The maximum Gasteiger partial charge on any atom is 0.135 e. The lowest BCUT2D eigenvalue weighted by atomic mass is 10.2. The molecule has 102 valence electrons. The van der Waals surface area contributed by atoms with Crippen LogP contribution in [0, 0.1) is 0 Å². The molecule has 6 heteroatoms. The second-order valence-corrected chi connectivity index (χ2v) is 5.07. The molecule has 0 bridgehead atoms. The van der Waals surface area contributed by atoms with Gasteiger partial charge in [0.05, 0.1) is 29.2 Å². The van der Waals surface area contributed by atoms with Crippen LogP contribution < -0.4 is 10.5 Å². The van der Waals surface area contributed by atoms with Gasteiger partial charge in [0.2, 0.25) is 0 Å². The lowest BCUT2D eigenvalue weighted by Crippen LogP contribution is -1.99. The second-order valence-electron chi connectivity index (χ2n) is 4.22. The zero-order valence-corrected chi connectivity index (χ0v) is 12.4. The molecule has 0 aliphatic carbocycles. The number of rotatable bonds is 6. The number of aryl methyl sites for hydroxylation is 1. The molecule has 1 aromatic heterocycles. The fourth-order valence-electron chi connectivity index (χ4n) is 1.78. The van der Waals surface area contributed by atoms with Gasteiger partial charge in [-0.15, -0.1) is 5.10 Å². The molecule has 0 radical (unpaired) electrons. The molecule has 0 unspecified atom stereocenters. The van der Waals surface area contributed by atoms with E-state index in [0.29, 0.717) is 0 Å². The van der Waals surface area contributed by atoms with E-state index in [0.717, 1.165) is 47.4 Å². The number of unbranched alkanes of at least 4 members (excludes halogenated alkanes) is 1. The molecule has 2 N–H and O–H groups in total. The van der Waals surface area contributed by atoms with Crippen LogP contribution in [-0.2, 0) is 6.42 Å². The molecule has 0 aliphatic rings. The highest BCUT2D eigenvalue weighted by Gasteiger charge is 2.06. The van der Waals surface area contributed by atoms with Crippen molar-refractivity contribution in [3.63, 3.8) is 0 Å². The SMILES string of the molecule is COc1cc(-n2cc(CCCCN)nn2)ccc1Br. The summed E-state index contributed by atoms with van der Waals surface area (Å²) in [6, 6.07) is 5.82. The van der Waals surface area contributed by atoms with Gasteiger partial charge < -0.3 is 10.5 Å². The third-order valence-corrected chi connectivity index (χ3v) is 3.48. The third-order valence-electron chi connectivity index (χ3n) is 2.83. The van der Waals surface area contributed by atoms with E-state index in [9.17, 15) is 0 Å². The first kappa shape index (κ1) is 14.0. The molecule has 2 rings (SSSR count). The largest absolute Gasteiger partial charge is 0.495 e. The predicted molar refractivity (Wildman–Crippen MR) is 77.6 cm³/mol. The van der Waals surface area contributed by atoms with Crippen LogP contribution in [0.4, 0.5) is 0 Å². The van der Waals surface area contributed by atoms with Crippen molar-refractivity contribution < 1.29 is 4.74 Å². The summed E-state index contributed by atoms with van der Waals surface area (Å²) in [6.45, 7) is 0.720. The van der Waals surface area contributed by atoms with E-state index in [1.165, 1.54) is 0 Å². The van der Waals surface area contributed by atoms with Gasteiger partial charge in [0, 0.05) is 6.07 Å². The number of hydrogen-bond donors (Lipinski definition) is 1. The molecule has 0 amide bonds. The van der Waals surface area contributed by atoms with E-state index in [2.05, 4.69) is 26.2 Å². The Morgan fingerprint density at radius 3 is 2.95 bits per heavy atom. The Morgan fingerprint density at radius 1 is 1.37 bits per heavy atom. The van der Waals surface area contributed by atoms with Crippen LogP contribution in [0.5, 0.6) is 5.75 Å². The summed E-state index contributed by atoms with van der Waals surface area (Å²) >= 11 is 3.43. The minimum Gasteiger partial charge on any atom is -0.495 e. The summed E-state index contributed by atoms with van der Waals surface area (Å²) in [4.78, 5) is 0. The van der Waals surface area contributed by atoms with Crippen molar-refractivity contribution >= 4 is 15.9 Å². The minimum absolute atomic E-state index is 0.720.